The summed E-state index contributed by atoms with van der Waals surface area (Å²) in [6.45, 7) is 8.88. The molecule has 2 fully saturated rings. The molecule has 176 valence electrons. The predicted octanol–water partition coefficient (Wildman–Crippen LogP) is 3.41. The minimum absolute atomic E-state index is 0.0181. The first-order valence-corrected chi connectivity index (χ1v) is 12.4. The average Bonchev–Trinajstić information content (AvgIpc) is 3.12. The summed E-state index contributed by atoms with van der Waals surface area (Å²) in [5.74, 6) is 0.606. The molecule has 2 saturated heterocycles. The number of carbonyl (C=O) groups is 2. The minimum Gasteiger partial charge on any atom is -0.383 e. The van der Waals surface area contributed by atoms with Crippen LogP contribution in [-0.2, 0) is 16.1 Å². The topological polar surface area (TPSA) is 53.1 Å². The molecule has 1 aromatic rings. The van der Waals surface area contributed by atoms with E-state index >= 15 is 0 Å². The van der Waals surface area contributed by atoms with Crippen molar-refractivity contribution < 1.29 is 14.3 Å². The van der Waals surface area contributed by atoms with Crippen molar-refractivity contribution in [3.8, 4) is 0 Å². The summed E-state index contributed by atoms with van der Waals surface area (Å²) in [6, 6.07) is 7.88. The van der Waals surface area contributed by atoms with Gasteiger partial charge < -0.3 is 19.4 Å². The number of rotatable bonds is 8. The van der Waals surface area contributed by atoms with Crippen molar-refractivity contribution in [2.75, 3.05) is 39.9 Å². The van der Waals surface area contributed by atoms with Gasteiger partial charge in [-0.05, 0) is 62.2 Å². The number of ether oxygens (including phenoxy) is 1. The summed E-state index contributed by atoms with van der Waals surface area (Å²) < 4.78 is 5.37. The number of nitrogens with zero attached hydrogens (tertiary/aromatic N) is 3. The molecule has 3 aliphatic heterocycles. The number of carbonyl (C=O) groups excluding carboxylic acids is 2. The first kappa shape index (κ1) is 23.2. The highest BCUT2D eigenvalue weighted by molar-refractivity contribution is 6.01. The van der Waals surface area contributed by atoms with E-state index in [1.807, 2.05) is 29.2 Å². The number of piperidine rings is 2. The summed E-state index contributed by atoms with van der Waals surface area (Å²) in [5, 5.41) is 0. The minimum atomic E-state index is -0.446. The summed E-state index contributed by atoms with van der Waals surface area (Å²) in [4.78, 5) is 33.6. The van der Waals surface area contributed by atoms with Gasteiger partial charge in [0, 0.05) is 38.3 Å². The molecule has 0 aliphatic carbocycles. The Hall–Kier alpha value is -1.92. The molecule has 6 nitrogen and oxygen atoms in total. The molecule has 0 N–H and O–H groups in total. The molecule has 0 radical (unpaired) electrons. The number of methoxy groups -OCH3 is 1. The normalized spacial score (nSPS) is 24.4. The van der Waals surface area contributed by atoms with Gasteiger partial charge in [0.25, 0.3) is 5.91 Å². The van der Waals surface area contributed by atoms with Crippen molar-refractivity contribution in [3.05, 3.63) is 35.4 Å². The van der Waals surface area contributed by atoms with E-state index in [-0.39, 0.29) is 17.7 Å². The Labute approximate surface area is 192 Å². The lowest BCUT2D eigenvalue weighted by atomic mass is 9.83. The molecule has 4 rings (SSSR count). The van der Waals surface area contributed by atoms with Gasteiger partial charge in [0.1, 0.15) is 6.04 Å². The lowest BCUT2D eigenvalue weighted by molar-refractivity contribution is -0.140. The van der Waals surface area contributed by atoms with Gasteiger partial charge in [0.15, 0.2) is 0 Å². The number of amides is 2. The van der Waals surface area contributed by atoms with Crippen molar-refractivity contribution in [3.63, 3.8) is 0 Å². The molecular formula is C26H39N3O3. The van der Waals surface area contributed by atoms with Crippen LogP contribution in [0.2, 0.25) is 0 Å². The van der Waals surface area contributed by atoms with E-state index in [9.17, 15) is 9.59 Å². The van der Waals surface area contributed by atoms with E-state index in [0.29, 0.717) is 31.7 Å². The molecular weight excluding hydrogens is 402 g/mol. The third-order valence-electron chi connectivity index (χ3n) is 7.63. The first-order valence-electron chi connectivity index (χ1n) is 12.4. The van der Waals surface area contributed by atoms with Crippen molar-refractivity contribution >= 4 is 11.8 Å². The second-order valence-electron chi connectivity index (χ2n) is 10.1. The largest absolute Gasteiger partial charge is 0.383 e. The molecule has 6 heteroatoms. The zero-order chi connectivity index (χ0) is 22.7. The van der Waals surface area contributed by atoms with E-state index in [2.05, 4.69) is 18.7 Å². The van der Waals surface area contributed by atoms with Crippen molar-refractivity contribution in [1.29, 1.82) is 0 Å². The van der Waals surface area contributed by atoms with E-state index < -0.39 is 6.04 Å². The fourth-order valence-corrected chi connectivity index (χ4v) is 6.03. The number of fused-ring (bicyclic) bond motifs is 2. The Morgan fingerprint density at radius 2 is 1.94 bits per heavy atom. The van der Waals surface area contributed by atoms with Gasteiger partial charge in [-0.25, -0.2) is 0 Å². The van der Waals surface area contributed by atoms with Crippen LogP contribution in [0.25, 0.3) is 0 Å². The van der Waals surface area contributed by atoms with Crippen molar-refractivity contribution in [1.82, 2.24) is 14.7 Å². The van der Waals surface area contributed by atoms with E-state index in [1.54, 1.807) is 12.0 Å². The van der Waals surface area contributed by atoms with Gasteiger partial charge >= 0.3 is 0 Å². The third-order valence-corrected chi connectivity index (χ3v) is 7.63. The molecule has 0 saturated carbocycles. The highest BCUT2D eigenvalue weighted by Gasteiger charge is 2.41. The van der Waals surface area contributed by atoms with Crippen molar-refractivity contribution in [2.45, 2.75) is 64.6 Å². The van der Waals surface area contributed by atoms with Gasteiger partial charge in [-0.15, -0.1) is 0 Å². The van der Waals surface area contributed by atoms with Crippen LogP contribution in [0.3, 0.4) is 0 Å². The molecule has 0 spiro atoms. The van der Waals surface area contributed by atoms with Gasteiger partial charge in [-0.1, -0.05) is 38.5 Å². The molecule has 0 unspecified atom stereocenters. The molecule has 2 amide bonds. The fourth-order valence-electron chi connectivity index (χ4n) is 6.03. The summed E-state index contributed by atoms with van der Waals surface area (Å²) in [7, 11) is 1.69. The molecule has 32 heavy (non-hydrogen) atoms. The van der Waals surface area contributed by atoms with Gasteiger partial charge in [0.05, 0.1) is 6.61 Å². The first-order chi connectivity index (χ1) is 15.5. The maximum Gasteiger partial charge on any atom is 0.255 e. The van der Waals surface area contributed by atoms with E-state index in [4.69, 9.17) is 4.74 Å². The quantitative estimate of drug-likeness (QED) is 0.620. The van der Waals surface area contributed by atoms with Gasteiger partial charge in [0.2, 0.25) is 5.91 Å². The number of hydrogen-bond donors (Lipinski definition) is 0. The SMILES string of the molecule is COCCN(C[C@@H]1CCCN2CCCC[C@H]12)C(=O)[C@@H](C(C)C)N1Cc2ccccc2C1=O. The zero-order valence-electron chi connectivity index (χ0n) is 20.0. The summed E-state index contributed by atoms with van der Waals surface area (Å²) >= 11 is 0. The van der Waals surface area contributed by atoms with Crippen LogP contribution in [0.4, 0.5) is 0 Å². The Morgan fingerprint density at radius 3 is 2.69 bits per heavy atom. The fraction of sp³-hybridized carbons (Fsp3) is 0.692. The van der Waals surface area contributed by atoms with Crippen LogP contribution >= 0.6 is 0 Å². The maximum atomic E-state index is 14.0. The van der Waals surface area contributed by atoms with Crippen LogP contribution < -0.4 is 0 Å². The highest BCUT2D eigenvalue weighted by Crippen LogP contribution is 2.33. The maximum absolute atomic E-state index is 14.0. The molecule has 3 heterocycles. The Balaban J connectivity index is 1.53. The van der Waals surface area contributed by atoms with Crippen LogP contribution in [0.1, 0.15) is 61.9 Å². The Kier molecular flexibility index (Phi) is 7.51. The lowest BCUT2D eigenvalue weighted by Crippen LogP contribution is -2.56. The van der Waals surface area contributed by atoms with E-state index in [1.165, 1.54) is 45.2 Å². The Morgan fingerprint density at radius 1 is 1.16 bits per heavy atom. The molecule has 1 aromatic carbocycles. The van der Waals surface area contributed by atoms with Gasteiger partial charge in [-0.2, -0.15) is 0 Å². The second-order valence-corrected chi connectivity index (χ2v) is 10.1. The predicted molar refractivity (Wildman–Crippen MR) is 125 cm³/mol. The Bertz CT molecular complexity index is 809. The molecule has 0 bridgehead atoms. The third kappa shape index (κ3) is 4.72. The second kappa shape index (κ2) is 10.3. The molecule has 3 atom stereocenters. The van der Waals surface area contributed by atoms with Crippen LogP contribution in [-0.4, -0.2) is 78.5 Å². The van der Waals surface area contributed by atoms with Crippen LogP contribution in [0, 0.1) is 11.8 Å². The van der Waals surface area contributed by atoms with Gasteiger partial charge in [-0.3, -0.25) is 9.59 Å². The summed E-state index contributed by atoms with van der Waals surface area (Å²) in [6.07, 6.45) is 6.21. The standard InChI is InChI=1S/C26H39N3O3/c1-19(2)24(29-18-20-9-4-5-11-22(20)25(29)30)26(31)28(15-16-32-3)17-21-10-8-14-27-13-7-6-12-23(21)27/h4-5,9,11,19,21,23-24H,6-8,10,12-18H2,1-3H3/t21-,23+,24+/m0/s1. The number of benzene rings is 1. The average molecular weight is 442 g/mol. The number of hydrogen-bond acceptors (Lipinski definition) is 4. The lowest BCUT2D eigenvalue weighted by Gasteiger charge is -2.46. The molecule has 0 aromatic heterocycles. The van der Waals surface area contributed by atoms with E-state index in [0.717, 1.165) is 17.7 Å². The smallest absolute Gasteiger partial charge is 0.255 e. The summed E-state index contributed by atoms with van der Waals surface area (Å²) in [5.41, 5.74) is 1.75. The van der Waals surface area contributed by atoms with Crippen LogP contribution in [0.5, 0.6) is 0 Å². The van der Waals surface area contributed by atoms with Crippen LogP contribution in [0.15, 0.2) is 24.3 Å². The molecule has 3 aliphatic rings. The highest BCUT2D eigenvalue weighted by atomic mass is 16.5. The van der Waals surface area contributed by atoms with Crippen molar-refractivity contribution in [2.24, 2.45) is 11.8 Å². The monoisotopic (exact) mass is 441 g/mol. The zero-order valence-corrected chi connectivity index (χ0v) is 20.0.